The number of pyridine rings is 1. The fourth-order valence-electron chi connectivity index (χ4n) is 6.80. The van der Waals surface area contributed by atoms with Crippen LogP contribution in [0, 0.1) is 11.8 Å². The van der Waals surface area contributed by atoms with Crippen molar-refractivity contribution in [3.05, 3.63) is 82.1 Å². The van der Waals surface area contributed by atoms with E-state index < -0.39 is 0 Å². The summed E-state index contributed by atoms with van der Waals surface area (Å²) in [6.45, 7) is 3.77. The summed E-state index contributed by atoms with van der Waals surface area (Å²) >= 11 is 0. The first kappa shape index (κ1) is 27.7. The van der Waals surface area contributed by atoms with Crippen LogP contribution < -0.4 is 5.56 Å². The quantitative estimate of drug-likeness (QED) is 0.403. The molecule has 1 aromatic heterocycles. The Morgan fingerprint density at radius 1 is 0.878 bits per heavy atom. The lowest BCUT2D eigenvalue weighted by Gasteiger charge is -2.42. The molecule has 3 aliphatic rings. The van der Waals surface area contributed by atoms with Gasteiger partial charge in [0.05, 0.1) is 18.1 Å². The van der Waals surface area contributed by atoms with Crippen LogP contribution >= 0.6 is 0 Å². The molecule has 2 heterocycles. The Hall–Kier alpha value is -3.45. The number of aryl methyl sites for hydroxylation is 1. The Morgan fingerprint density at radius 3 is 2.37 bits per heavy atom. The van der Waals surface area contributed by atoms with Crippen LogP contribution in [0.1, 0.15) is 62.1 Å². The van der Waals surface area contributed by atoms with Crippen molar-refractivity contribution in [1.29, 1.82) is 0 Å². The first-order chi connectivity index (χ1) is 20.0. The number of fused-ring (bicyclic) bond motifs is 1. The Morgan fingerprint density at radius 2 is 1.61 bits per heavy atom. The molecule has 0 spiro atoms. The average Bonchev–Trinajstić information content (AvgIpc) is 3.87. The molecule has 2 aromatic carbocycles. The van der Waals surface area contributed by atoms with Gasteiger partial charge < -0.3 is 14.4 Å². The van der Waals surface area contributed by atoms with Gasteiger partial charge in [0, 0.05) is 57.2 Å². The average molecular weight is 555 g/mol. The molecule has 216 valence electrons. The smallest absolute Gasteiger partial charge is 0.255 e. The summed E-state index contributed by atoms with van der Waals surface area (Å²) in [5.41, 5.74) is 2.72. The van der Waals surface area contributed by atoms with Crippen molar-refractivity contribution in [3.8, 4) is 0 Å². The van der Waals surface area contributed by atoms with E-state index in [-0.39, 0.29) is 29.3 Å². The first-order valence-corrected chi connectivity index (χ1v) is 15.4. The summed E-state index contributed by atoms with van der Waals surface area (Å²) in [5.74, 6) is 0.725. The highest BCUT2D eigenvalue weighted by atomic mass is 16.2. The minimum absolute atomic E-state index is 0.0333. The zero-order valence-corrected chi connectivity index (χ0v) is 24.2. The molecule has 0 N–H and O–H groups in total. The van der Waals surface area contributed by atoms with Gasteiger partial charge >= 0.3 is 0 Å². The molecular formula is C34H42N4O3. The van der Waals surface area contributed by atoms with Crippen molar-refractivity contribution in [2.24, 2.45) is 18.9 Å². The number of hydrogen-bond acceptors (Lipinski definition) is 4. The Balaban J connectivity index is 1.24. The predicted molar refractivity (Wildman–Crippen MR) is 161 cm³/mol. The number of carbonyl (C=O) groups is 2. The number of carbonyl (C=O) groups excluding carboxylic acids is 2. The summed E-state index contributed by atoms with van der Waals surface area (Å²) in [4.78, 5) is 46.7. The number of benzene rings is 2. The summed E-state index contributed by atoms with van der Waals surface area (Å²) in [5, 5.41) is 1.01. The molecule has 1 atom stereocenters. The van der Waals surface area contributed by atoms with Gasteiger partial charge in [-0.15, -0.1) is 0 Å². The number of hydrogen-bond donors (Lipinski definition) is 0. The van der Waals surface area contributed by atoms with E-state index in [1.165, 1.54) is 12.0 Å². The highest BCUT2D eigenvalue weighted by Crippen LogP contribution is 2.34. The SMILES string of the molecule is Cn1c(=O)c(CN(CCN2CCN(C(=O)C3CC3)CC2c2ccccc2)C(=O)C2CCCCC2)cc2ccccc21. The Bertz CT molecular complexity index is 1440. The zero-order chi connectivity index (χ0) is 28.3. The molecule has 2 saturated carbocycles. The van der Waals surface area contributed by atoms with Crippen molar-refractivity contribution < 1.29 is 9.59 Å². The molecule has 1 saturated heterocycles. The summed E-state index contributed by atoms with van der Waals surface area (Å²) in [6, 6.07) is 20.4. The molecular weight excluding hydrogens is 512 g/mol. The highest BCUT2D eigenvalue weighted by molar-refractivity contribution is 5.82. The molecule has 7 nitrogen and oxygen atoms in total. The Labute approximate surface area is 242 Å². The molecule has 1 aliphatic heterocycles. The molecule has 6 rings (SSSR count). The van der Waals surface area contributed by atoms with E-state index in [9.17, 15) is 14.4 Å². The highest BCUT2D eigenvalue weighted by Gasteiger charge is 2.38. The minimum atomic E-state index is -0.0421. The molecule has 3 aromatic rings. The van der Waals surface area contributed by atoms with Crippen LogP contribution in [0.25, 0.3) is 10.9 Å². The number of nitrogens with zero attached hydrogens (tertiary/aromatic N) is 4. The van der Waals surface area contributed by atoms with E-state index >= 15 is 0 Å². The van der Waals surface area contributed by atoms with Gasteiger partial charge in [0.15, 0.2) is 0 Å². The summed E-state index contributed by atoms with van der Waals surface area (Å²) in [7, 11) is 1.81. The molecule has 0 bridgehead atoms. The second-order valence-electron chi connectivity index (χ2n) is 12.2. The molecule has 0 radical (unpaired) electrons. The van der Waals surface area contributed by atoms with Gasteiger partial charge in [0.1, 0.15) is 0 Å². The number of aromatic nitrogens is 1. The topological polar surface area (TPSA) is 65.9 Å². The van der Waals surface area contributed by atoms with Crippen molar-refractivity contribution in [2.45, 2.75) is 57.5 Å². The third kappa shape index (κ3) is 6.10. The maximum absolute atomic E-state index is 14.0. The van der Waals surface area contributed by atoms with Gasteiger partial charge in [-0.25, -0.2) is 0 Å². The molecule has 2 aliphatic carbocycles. The van der Waals surface area contributed by atoms with Gasteiger partial charge in [-0.05, 0) is 48.8 Å². The fraction of sp³-hybridized carbons (Fsp3) is 0.500. The third-order valence-electron chi connectivity index (χ3n) is 9.41. The number of rotatable bonds is 8. The molecule has 7 heteroatoms. The lowest BCUT2D eigenvalue weighted by atomic mass is 9.88. The Kier molecular flexibility index (Phi) is 8.24. The van der Waals surface area contributed by atoms with E-state index in [4.69, 9.17) is 0 Å². The second-order valence-corrected chi connectivity index (χ2v) is 12.2. The standard InChI is InChI=1S/C34H42N4O3/c1-35-30-15-9-8-14-28(30)22-29(32(35)39)23-37(33(40)26-12-6-3-7-13-26)20-18-36-19-21-38(34(41)27-16-17-27)24-31(36)25-10-4-2-5-11-25/h2,4-5,8-11,14-15,22,26-27,31H,3,6-7,12-13,16-21,23-24H2,1H3. The molecule has 41 heavy (non-hydrogen) atoms. The van der Waals surface area contributed by atoms with Crippen LogP contribution in [0.3, 0.4) is 0 Å². The maximum Gasteiger partial charge on any atom is 0.255 e. The van der Waals surface area contributed by atoms with Gasteiger partial charge in [-0.1, -0.05) is 67.8 Å². The van der Waals surface area contributed by atoms with Crippen LogP contribution in [-0.2, 0) is 23.2 Å². The fourth-order valence-corrected chi connectivity index (χ4v) is 6.80. The monoisotopic (exact) mass is 554 g/mol. The van der Waals surface area contributed by atoms with Crippen molar-refractivity contribution >= 4 is 22.7 Å². The zero-order valence-electron chi connectivity index (χ0n) is 24.2. The lowest BCUT2D eigenvalue weighted by Crippen LogP contribution is -2.53. The van der Waals surface area contributed by atoms with Crippen molar-refractivity contribution in [1.82, 2.24) is 19.3 Å². The number of amides is 2. The van der Waals surface area contributed by atoms with Crippen LogP contribution in [0.2, 0.25) is 0 Å². The molecule has 1 unspecified atom stereocenters. The molecule has 3 fully saturated rings. The minimum Gasteiger partial charge on any atom is -0.339 e. The van der Waals surface area contributed by atoms with Crippen molar-refractivity contribution in [2.75, 3.05) is 32.7 Å². The first-order valence-electron chi connectivity index (χ1n) is 15.4. The predicted octanol–water partition coefficient (Wildman–Crippen LogP) is 4.74. The summed E-state index contributed by atoms with van der Waals surface area (Å²) < 4.78 is 1.70. The van der Waals surface area contributed by atoms with E-state index in [1.807, 2.05) is 48.3 Å². The van der Waals surface area contributed by atoms with Gasteiger partial charge in [-0.3, -0.25) is 19.3 Å². The van der Waals surface area contributed by atoms with E-state index in [0.29, 0.717) is 37.6 Å². The largest absolute Gasteiger partial charge is 0.339 e. The normalized spacial score (nSPS) is 20.3. The van der Waals surface area contributed by atoms with E-state index in [2.05, 4.69) is 34.1 Å². The summed E-state index contributed by atoms with van der Waals surface area (Å²) in [6.07, 6.45) is 7.27. The second kappa shape index (κ2) is 12.2. The van der Waals surface area contributed by atoms with Gasteiger partial charge in [0.25, 0.3) is 5.56 Å². The number of piperazine rings is 1. The molecule has 2 amide bonds. The third-order valence-corrected chi connectivity index (χ3v) is 9.41. The van der Waals surface area contributed by atoms with E-state index in [0.717, 1.165) is 62.5 Å². The lowest BCUT2D eigenvalue weighted by molar-refractivity contribution is -0.138. The van der Waals surface area contributed by atoms with Gasteiger partial charge in [-0.2, -0.15) is 0 Å². The van der Waals surface area contributed by atoms with Crippen LogP contribution in [0.15, 0.2) is 65.5 Å². The van der Waals surface area contributed by atoms with Crippen LogP contribution in [0.5, 0.6) is 0 Å². The maximum atomic E-state index is 14.0. The van der Waals surface area contributed by atoms with Crippen LogP contribution in [0.4, 0.5) is 0 Å². The van der Waals surface area contributed by atoms with Gasteiger partial charge in [0.2, 0.25) is 11.8 Å². The number of para-hydroxylation sites is 1. The van der Waals surface area contributed by atoms with Crippen molar-refractivity contribution in [3.63, 3.8) is 0 Å². The van der Waals surface area contributed by atoms with Crippen LogP contribution in [-0.4, -0.2) is 63.8 Å². The van der Waals surface area contributed by atoms with E-state index in [1.54, 1.807) is 4.57 Å².